The smallest absolute Gasteiger partial charge is 0.358 e. The van der Waals surface area contributed by atoms with Crippen LogP contribution in [0, 0.1) is 0 Å². The van der Waals surface area contributed by atoms with Gasteiger partial charge in [-0.25, -0.2) is 9.78 Å². The Morgan fingerprint density at radius 1 is 1.54 bits per heavy atom. The fraction of sp³-hybridized carbons (Fsp3) is 0.375. The molecule has 0 spiro atoms. The first-order valence-electron chi connectivity index (χ1n) is 3.82. The molecule has 0 fully saturated rings. The van der Waals surface area contributed by atoms with Gasteiger partial charge >= 0.3 is 5.97 Å². The Morgan fingerprint density at radius 3 is 2.77 bits per heavy atom. The summed E-state index contributed by atoms with van der Waals surface area (Å²) < 4.78 is 4.75. The average molecular weight is 245 g/mol. The largest absolute Gasteiger partial charge is 0.461 e. The van der Waals surface area contributed by atoms with Crippen LogP contribution in [0.4, 0.5) is 0 Å². The summed E-state index contributed by atoms with van der Waals surface area (Å²) in [5.74, 6) is -0.434. The van der Waals surface area contributed by atoms with Gasteiger partial charge in [-0.2, -0.15) is 0 Å². The number of halogens is 1. The van der Waals surface area contributed by atoms with Crippen LogP contribution in [0.15, 0.2) is 12.4 Å². The molecule has 0 radical (unpaired) electrons. The van der Waals surface area contributed by atoms with E-state index in [-0.39, 0.29) is 5.69 Å². The lowest BCUT2D eigenvalue weighted by molar-refractivity contribution is 0.0519. The molecule has 0 bridgehead atoms. The summed E-state index contributed by atoms with van der Waals surface area (Å²) in [5, 5.41) is 0.628. The maximum Gasteiger partial charge on any atom is 0.358 e. The van der Waals surface area contributed by atoms with Crippen LogP contribution < -0.4 is 0 Å². The van der Waals surface area contributed by atoms with Crippen LogP contribution in [0.1, 0.15) is 23.1 Å². The van der Waals surface area contributed by atoms with E-state index in [1.165, 1.54) is 6.20 Å². The van der Waals surface area contributed by atoms with Crippen molar-refractivity contribution in [3.63, 3.8) is 0 Å². The molecular weight excluding hydrogens is 236 g/mol. The van der Waals surface area contributed by atoms with Gasteiger partial charge in [0.1, 0.15) is 0 Å². The number of rotatable bonds is 3. The second-order valence-corrected chi connectivity index (χ2v) is 2.81. The van der Waals surface area contributed by atoms with Crippen molar-refractivity contribution in [2.75, 3.05) is 6.61 Å². The van der Waals surface area contributed by atoms with Crippen molar-refractivity contribution in [1.29, 1.82) is 0 Å². The van der Waals surface area contributed by atoms with Crippen LogP contribution in [0.3, 0.4) is 0 Å². The van der Waals surface area contributed by atoms with Crippen molar-refractivity contribution in [2.45, 2.75) is 12.3 Å². The second kappa shape index (κ2) is 4.91. The Bertz CT molecular complexity index is 287. The van der Waals surface area contributed by atoms with E-state index in [9.17, 15) is 4.79 Å². The zero-order chi connectivity index (χ0) is 9.68. The summed E-state index contributed by atoms with van der Waals surface area (Å²) in [4.78, 5) is 19.0. The van der Waals surface area contributed by atoms with E-state index in [2.05, 4.69) is 25.9 Å². The van der Waals surface area contributed by atoms with Crippen LogP contribution in [0.2, 0.25) is 0 Å². The van der Waals surface area contributed by atoms with Gasteiger partial charge in [0.05, 0.1) is 24.7 Å². The van der Waals surface area contributed by atoms with Gasteiger partial charge in [-0.15, -0.1) is 0 Å². The van der Waals surface area contributed by atoms with Crippen LogP contribution in [-0.2, 0) is 10.1 Å². The number of esters is 1. The standard InChI is InChI=1S/C8H9BrN2O2/c1-2-13-8(12)7-5-10-6(3-9)4-11-7/h4-5H,2-3H2,1H3. The van der Waals surface area contributed by atoms with E-state index < -0.39 is 5.97 Å². The van der Waals surface area contributed by atoms with Crippen LogP contribution >= 0.6 is 15.9 Å². The highest BCUT2D eigenvalue weighted by molar-refractivity contribution is 9.08. The van der Waals surface area contributed by atoms with Gasteiger partial charge in [-0.3, -0.25) is 4.98 Å². The second-order valence-electron chi connectivity index (χ2n) is 2.25. The minimum atomic E-state index is -0.434. The van der Waals surface area contributed by atoms with E-state index in [0.717, 1.165) is 5.69 Å². The summed E-state index contributed by atoms with van der Waals surface area (Å²) in [6.45, 7) is 2.10. The zero-order valence-electron chi connectivity index (χ0n) is 7.16. The van der Waals surface area contributed by atoms with Crippen LogP contribution in [-0.4, -0.2) is 22.5 Å². The number of hydrogen-bond acceptors (Lipinski definition) is 4. The maximum atomic E-state index is 11.1. The molecule has 0 aliphatic rings. The van der Waals surface area contributed by atoms with Gasteiger partial charge < -0.3 is 4.74 Å². The van der Waals surface area contributed by atoms with Gasteiger partial charge in [-0.1, -0.05) is 15.9 Å². The number of hydrogen-bond donors (Lipinski definition) is 0. The third-order valence-corrected chi connectivity index (χ3v) is 1.90. The topological polar surface area (TPSA) is 52.1 Å². The molecule has 13 heavy (non-hydrogen) atoms. The van der Waals surface area contributed by atoms with Crippen molar-refractivity contribution in [3.05, 3.63) is 23.8 Å². The van der Waals surface area contributed by atoms with E-state index in [4.69, 9.17) is 4.74 Å². The van der Waals surface area contributed by atoms with Crippen molar-refractivity contribution in [2.24, 2.45) is 0 Å². The molecule has 1 aromatic heterocycles. The third-order valence-electron chi connectivity index (χ3n) is 1.33. The highest BCUT2D eigenvalue weighted by Crippen LogP contribution is 2.01. The maximum absolute atomic E-state index is 11.1. The number of carbonyl (C=O) groups excluding carboxylic acids is 1. The molecule has 0 amide bonds. The Hall–Kier alpha value is -0.970. The van der Waals surface area contributed by atoms with Crippen LogP contribution in [0.25, 0.3) is 0 Å². The van der Waals surface area contributed by atoms with Crippen LogP contribution in [0.5, 0.6) is 0 Å². The molecule has 5 heteroatoms. The van der Waals surface area contributed by atoms with E-state index in [1.54, 1.807) is 13.1 Å². The number of ether oxygens (including phenoxy) is 1. The summed E-state index contributed by atoms with van der Waals surface area (Å²) in [5.41, 5.74) is 1.03. The number of alkyl halides is 1. The Kier molecular flexibility index (Phi) is 3.82. The van der Waals surface area contributed by atoms with E-state index in [0.29, 0.717) is 11.9 Å². The Balaban J connectivity index is 2.74. The summed E-state index contributed by atoms with van der Waals surface area (Å²) >= 11 is 3.23. The minimum absolute atomic E-state index is 0.242. The van der Waals surface area contributed by atoms with E-state index >= 15 is 0 Å². The first-order valence-corrected chi connectivity index (χ1v) is 4.94. The first-order chi connectivity index (χ1) is 6.27. The SMILES string of the molecule is CCOC(=O)c1cnc(CBr)cn1. The van der Waals surface area contributed by atoms with Crippen molar-refractivity contribution in [1.82, 2.24) is 9.97 Å². The molecular formula is C8H9BrN2O2. The summed E-state index contributed by atoms with van der Waals surface area (Å²) in [7, 11) is 0. The van der Waals surface area contributed by atoms with Gasteiger partial charge in [-0.05, 0) is 6.92 Å². The Labute approximate surface area is 84.5 Å². The average Bonchev–Trinajstić information content (AvgIpc) is 2.18. The summed E-state index contributed by atoms with van der Waals surface area (Å²) in [6, 6.07) is 0. The normalized spacial score (nSPS) is 9.69. The molecule has 1 rings (SSSR count). The quantitative estimate of drug-likeness (QED) is 0.598. The van der Waals surface area contributed by atoms with Crippen molar-refractivity contribution in [3.8, 4) is 0 Å². The Morgan fingerprint density at radius 2 is 2.31 bits per heavy atom. The predicted octanol–water partition coefficient (Wildman–Crippen LogP) is 1.55. The third kappa shape index (κ3) is 2.77. The van der Waals surface area contributed by atoms with Crippen molar-refractivity contribution < 1.29 is 9.53 Å². The lowest BCUT2D eigenvalue weighted by Crippen LogP contribution is -2.07. The lowest BCUT2D eigenvalue weighted by Gasteiger charge is -2.00. The fourth-order valence-corrected chi connectivity index (χ4v) is 1.02. The summed E-state index contributed by atoms with van der Waals surface area (Å²) in [6.07, 6.45) is 2.95. The molecule has 0 atom stereocenters. The highest BCUT2D eigenvalue weighted by atomic mass is 79.9. The monoisotopic (exact) mass is 244 g/mol. The van der Waals surface area contributed by atoms with Gasteiger partial charge in [0, 0.05) is 5.33 Å². The molecule has 0 aliphatic heterocycles. The minimum Gasteiger partial charge on any atom is -0.461 e. The molecule has 70 valence electrons. The lowest BCUT2D eigenvalue weighted by atomic mass is 10.4. The molecule has 1 heterocycles. The molecule has 0 N–H and O–H groups in total. The highest BCUT2D eigenvalue weighted by Gasteiger charge is 2.07. The fourth-order valence-electron chi connectivity index (χ4n) is 0.734. The first kappa shape index (κ1) is 10.1. The predicted molar refractivity (Wildman–Crippen MR) is 50.6 cm³/mol. The number of aromatic nitrogens is 2. The van der Waals surface area contributed by atoms with Crippen molar-refractivity contribution >= 4 is 21.9 Å². The molecule has 0 saturated heterocycles. The molecule has 0 saturated carbocycles. The molecule has 4 nitrogen and oxygen atoms in total. The molecule has 0 unspecified atom stereocenters. The number of nitrogens with zero attached hydrogens (tertiary/aromatic N) is 2. The molecule has 1 aromatic rings. The van der Waals surface area contributed by atoms with E-state index in [1.807, 2.05) is 0 Å². The van der Waals surface area contributed by atoms with Gasteiger partial charge in [0.25, 0.3) is 0 Å². The molecule has 0 aliphatic carbocycles. The van der Waals surface area contributed by atoms with Gasteiger partial charge in [0.2, 0.25) is 0 Å². The van der Waals surface area contributed by atoms with Gasteiger partial charge in [0.15, 0.2) is 5.69 Å². The molecule has 0 aromatic carbocycles. The number of carbonyl (C=O) groups is 1. The zero-order valence-corrected chi connectivity index (χ0v) is 8.74.